The van der Waals surface area contributed by atoms with E-state index in [1.807, 2.05) is 0 Å². The molecule has 3 heterocycles. The number of anilines is 3. The number of carboxylic acids is 1. The first-order chi connectivity index (χ1) is 11.4. The molecule has 24 heavy (non-hydrogen) atoms. The van der Waals surface area contributed by atoms with Crippen molar-refractivity contribution in [3.8, 4) is 0 Å². The second kappa shape index (κ2) is 6.88. The number of aromatic carboxylic acids is 1. The minimum atomic E-state index is -0.997. The van der Waals surface area contributed by atoms with Gasteiger partial charge in [-0.2, -0.15) is 4.98 Å². The number of nitrogens with one attached hydrogen (secondary N) is 1. The van der Waals surface area contributed by atoms with Crippen LogP contribution in [0.5, 0.6) is 0 Å². The molecule has 0 aromatic carbocycles. The zero-order chi connectivity index (χ0) is 17.3. The number of hydrogen-bond donors (Lipinski definition) is 2. The molecule has 3 rings (SSSR count). The predicted molar refractivity (Wildman–Crippen MR) is 93.8 cm³/mol. The molecule has 2 aromatic rings. The van der Waals surface area contributed by atoms with Crippen LogP contribution < -0.4 is 10.2 Å². The summed E-state index contributed by atoms with van der Waals surface area (Å²) >= 11 is 7.16. The summed E-state index contributed by atoms with van der Waals surface area (Å²) in [5.74, 6) is 0.0580. The quantitative estimate of drug-likeness (QED) is 0.792. The highest BCUT2D eigenvalue weighted by atomic mass is 35.5. The molecule has 0 bridgehead atoms. The van der Waals surface area contributed by atoms with Crippen LogP contribution in [0, 0.1) is 6.92 Å². The molecular weight excluding hydrogens is 352 g/mol. The van der Waals surface area contributed by atoms with Crippen molar-refractivity contribution >= 4 is 45.8 Å². The number of halogens is 1. The number of aryl methyl sites for hydroxylation is 1. The standard InChI is InChI=1S/C14H17ClN6O2S/c1-8-11(12(22)23)24-14(16-8)19-13-17-9(15)7-10(18-13)21-5-3-20(2)4-6-21/h7H,3-6H2,1-2H3,(H,22,23)(H,16,17,18,19). The van der Waals surface area contributed by atoms with Crippen LogP contribution in [-0.4, -0.2) is 64.2 Å². The zero-order valence-corrected chi connectivity index (χ0v) is 14.9. The van der Waals surface area contributed by atoms with Crippen molar-refractivity contribution in [2.75, 3.05) is 43.4 Å². The normalized spacial score (nSPS) is 15.5. The summed E-state index contributed by atoms with van der Waals surface area (Å²) in [4.78, 5) is 28.5. The molecule has 2 N–H and O–H groups in total. The molecular formula is C14H17ClN6O2S. The van der Waals surface area contributed by atoms with Gasteiger partial charge in [-0.05, 0) is 14.0 Å². The Morgan fingerprint density at radius 1 is 1.29 bits per heavy atom. The van der Waals surface area contributed by atoms with Crippen molar-refractivity contribution in [2.45, 2.75) is 6.92 Å². The van der Waals surface area contributed by atoms with E-state index in [4.69, 9.17) is 16.7 Å². The number of nitrogens with zero attached hydrogens (tertiary/aromatic N) is 5. The largest absolute Gasteiger partial charge is 0.477 e. The van der Waals surface area contributed by atoms with Crippen LogP contribution in [0.25, 0.3) is 0 Å². The Kier molecular flexibility index (Phi) is 4.83. The molecule has 1 aliphatic heterocycles. The van der Waals surface area contributed by atoms with Crippen molar-refractivity contribution in [1.82, 2.24) is 19.9 Å². The third-order valence-electron chi connectivity index (χ3n) is 3.72. The summed E-state index contributed by atoms with van der Waals surface area (Å²) in [6.07, 6.45) is 0. The van der Waals surface area contributed by atoms with E-state index in [2.05, 4.69) is 37.1 Å². The van der Waals surface area contributed by atoms with Gasteiger partial charge >= 0.3 is 5.97 Å². The zero-order valence-electron chi connectivity index (χ0n) is 13.3. The highest BCUT2D eigenvalue weighted by molar-refractivity contribution is 7.17. The van der Waals surface area contributed by atoms with Crippen LogP contribution in [-0.2, 0) is 0 Å². The molecule has 0 unspecified atom stereocenters. The minimum Gasteiger partial charge on any atom is -0.477 e. The molecule has 0 atom stereocenters. The molecule has 8 nitrogen and oxygen atoms in total. The van der Waals surface area contributed by atoms with Gasteiger partial charge < -0.3 is 14.9 Å². The van der Waals surface area contributed by atoms with Gasteiger partial charge in [0.15, 0.2) is 5.13 Å². The van der Waals surface area contributed by atoms with Gasteiger partial charge in [0.1, 0.15) is 15.8 Å². The summed E-state index contributed by atoms with van der Waals surface area (Å²) in [7, 11) is 2.09. The fourth-order valence-corrected chi connectivity index (χ4v) is 3.38. The Morgan fingerprint density at radius 3 is 2.62 bits per heavy atom. The van der Waals surface area contributed by atoms with E-state index in [1.54, 1.807) is 13.0 Å². The molecule has 0 radical (unpaired) electrons. The number of carbonyl (C=O) groups is 1. The third-order valence-corrected chi connectivity index (χ3v) is 4.97. The molecule has 1 saturated heterocycles. The minimum absolute atomic E-state index is 0.193. The maximum absolute atomic E-state index is 11.1. The van der Waals surface area contributed by atoms with Gasteiger partial charge in [-0.15, -0.1) is 0 Å². The summed E-state index contributed by atoms with van der Waals surface area (Å²) < 4.78 is 0. The fraction of sp³-hybridized carbons (Fsp3) is 0.429. The van der Waals surface area contributed by atoms with Crippen LogP contribution in [0.2, 0.25) is 5.15 Å². The Labute approximate surface area is 148 Å². The second-order valence-electron chi connectivity index (χ2n) is 5.53. The fourth-order valence-electron chi connectivity index (χ4n) is 2.40. The summed E-state index contributed by atoms with van der Waals surface area (Å²) in [5.41, 5.74) is 0.455. The first-order valence-electron chi connectivity index (χ1n) is 7.38. The number of piperazine rings is 1. The lowest BCUT2D eigenvalue weighted by molar-refractivity contribution is 0.0701. The van der Waals surface area contributed by atoms with Gasteiger partial charge in [0.2, 0.25) is 5.95 Å². The third kappa shape index (κ3) is 3.74. The van der Waals surface area contributed by atoms with Crippen molar-refractivity contribution in [1.29, 1.82) is 0 Å². The monoisotopic (exact) mass is 368 g/mol. The van der Waals surface area contributed by atoms with Gasteiger partial charge in [0.25, 0.3) is 0 Å². The molecule has 2 aromatic heterocycles. The Hall–Kier alpha value is -1.97. The smallest absolute Gasteiger partial charge is 0.347 e. The number of likely N-dealkylation sites (N-methyl/N-ethyl adjacent to an activating group) is 1. The number of carboxylic acid groups (broad SMARTS) is 1. The second-order valence-corrected chi connectivity index (χ2v) is 6.91. The molecule has 0 saturated carbocycles. The lowest BCUT2D eigenvalue weighted by atomic mass is 10.3. The van der Waals surface area contributed by atoms with Crippen LogP contribution >= 0.6 is 22.9 Å². The van der Waals surface area contributed by atoms with Crippen LogP contribution in [0.3, 0.4) is 0 Å². The number of hydrogen-bond acceptors (Lipinski definition) is 8. The van der Waals surface area contributed by atoms with Gasteiger partial charge in [-0.3, -0.25) is 5.32 Å². The van der Waals surface area contributed by atoms with Crippen molar-refractivity contribution in [3.63, 3.8) is 0 Å². The maximum Gasteiger partial charge on any atom is 0.347 e. The van der Waals surface area contributed by atoms with Gasteiger partial charge in [-0.25, -0.2) is 14.8 Å². The van der Waals surface area contributed by atoms with Crippen LogP contribution in [0.15, 0.2) is 6.07 Å². The van der Waals surface area contributed by atoms with E-state index >= 15 is 0 Å². The average Bonchev–Trinajstić information content (AvgIpc) is 2.88. The van der Waals surface area contributed by atoms with E-state index in [1.165, 1.54) is 0 Å². The van der Waals surface area contributed by atoms with Crippen molar-refractivity contribution in [2.24, 2.45) is 0 Å². The predicted octanol–water partition coefficient (Wildman–Crippen LogP) is 2.09. The summed E-state index contributed by atoms with van der Waals surface area (Å²) in [6.45, 7) is 5.29. The molecule has 1 fully saturated rings. The van der Waals surface area contributed by atoms with Gasteiger partial charge in [-0.1, -0.05) is 22.9 Å². The van der Waals surface area contributed by atoms with E-state index in [-0.39, 0.29) is 4.88 Å². The molecule has 0 aliphatic carbocycles. The van der Waals surface area contributed by atoms with E-state index < -0.39 is 5.97 Å². The number of thiazole rings is 1. The molecule has 10 heteroatoms. The Balaban J connectivity index is 1.81. The first-order valence-corrected chi connectivity index (χ1v) is 8.57. The van der Waals surface area contributed by atoms with Gasteiger partial charge in [0.05, 0.1) is 5.69 Å². The van der Waals surface area contributed by atoms with Crippen molar-refractivity contribution in [3.05, 3.63) is 21.8 Å². The lowest BCUT2D eigenvalue weighted by Crippen LogP contribution is -2.44. The van der Waals surface area contributed by atoms with Gasteiger partial charge in [0, 0.05) is 32.2 Å². The van der Waals surface area contributed by atoms with E-state index in [0.29, 0.717) is 21.9 Å². The molecule has 0 amide bonds. The van der Waals surface area contributed by atoms with E-state index in [9.17, 15) is 4.79 Å². The van der Waals surface area contributed by atoms with Crippen molar-refractivity contribution < 1.29 is 9.90 Å². The molecule has 128 valence electrons. The molecule has 0 spiro atoms. The summed E-state index contributed by atoms with van der Waals surface area (Å²) in [6, 6.07) is 1.73. The first kappa shape index (κ1) is 16.9. The van der Waals surface area contributed by atoms with Crippen LogP contribution in [0.4, 0.5) is 16.9 Å². The van der Waals surface area contributed by atoms with Crippen LogP contribution in [0.1, 0.15) is 15.4 Å². The number of aromatic nitrogens is 3. The Morgan fingerprint density at radius 2 is 2.00 bits per heavy atom. The number of rotatable bonds is 4. The molecule has 1 aliphatic rings. The average molecular weight is 369 g/mol. The maximum atomic E-state index is 11.1. The SMILES string of the molecule is Cc1nc(Nc2nc(Cl)cc(N3CCN(C)CC3)n2)sc1C(=O)O. The highest BCUT2D eigenvalue weighted by Crippen LogP contribution is 2.26. The topological polar surface area (TPSA) is 94.5 Å². The highest BCUT2D eigenvalue weighted by Gasteiger charge is 2.18. The Bertz CT molecular complexity index is 760. The van der Waals surface area contributed by atoms with E-state index in [0.717, 1.165) is 43.3 Å². The lowest BCUT2D eigenvalue weighted by Gasteiger charge is -2.33. The summed E-state index contributed by atoms with van der Waals surface area (Å²) in [5, 5.41) is 12.8.